The van der Waals surface area contributed by atoms with Crippen LogP contribution in [-0.4, -0.2) is 18.5 Å². The van der Waals surface area contributed by atoms with Crippen molar-refractivity contribution >= 4 is 29.0 Å². The smallest absolute Gasteiger partial charge is 0.323 e. The number of carbonyl (C=O) groups excluding carboxylic acids is 2. The van der Waals surface area contributed by atoms with Crippen molar-refractivity contribution < 1.29 is 19.1 Å². The Morgan fingerprint density at radius 1 is 0.967 bits per heavy atom. The zero-order valence-corrected chi connectivity index (χ0v) is 16.6. The molecular weight excluding hydrogens is 382 g/mol. The first kappa shape index (κ1) is 19.3. The Morgan fingerprint density at radius 2 is 1.67 bits per heavy atom. The summed E-state index contributed by atoms with van der Waals surface area (Å²) in [7, 11) is 0. The molecule has 0 atom stereocenters. The molecule has 0 bridgehead atoms. The van der Waals surface area contributed by atoms with Crippen LogP contribution >= 0.6 is 0 Å². The maximum absolute atomic E-state index is 12.7. The van der Waals surface area contributed by atoms with Gasteiger partial charge in [-0.25, -0.2) is 4.79 Å². The number of ether oxygens (including phenoxy) is 2. The van der Waals surface area contributed by atoms with Gasteiger partial charge < -0.3 is 25.4 Å². The van der Waals surface area contributed by atoms with Crippen molar-refractivity contribution in [1.29, 1.82) is 0 Å². The van der Waals surface area contributed by atoms with E-state index < -0.39 is 6.03 Å². The van der Waals surface area contributed by atoms with E-state index >= 15 is 0 Å². The van der Waals surface area contributed by atoms with E-state index in [1.165, 1.54) is 0 Å². The summed E-state index contributed by atoms with van der Waals surface area (Å²) < 4.78 is 11.3. The monoisotopic (exact) mass is 403 g/mol. The molecule has 0 fully saturated rings. The topological polar surface area (TPSA) is 88.7 Å². The van der Waals surface area contributed by atoms with Crippen LogP contribution in [-0.2, 0) is 0 Å². The summed E-state index contributed by atoms with van der Waals surface area (Å²) >= 11 is 0. The molecule has 1 aliphatic heterocycles. The van der Waals surface area contributed by atoms with E-state index in [4.69, 9.17) is 9.47 Å². The van der Waals surface area contributed by atoms with E-state index in [-0.39, 0.29) is 5.91 Å². The second-order valence-corrected chi connectivity index (χ2v) is 6.80. The van der Waals surface area contributed by atoms with Crippen molar-refractivity contribution in [2.45, 2.75) is 13.8 Å². The van der Waals surface area contributed by atoms with E-state index in [0.717, 1.165) is 11.3 Å². The van der Waals surface area contributed by atoms with Gasteiger partial charge in [-0.3, -0.25) is 4.79 Å². The minimum Gasteiger partial charge on any atom is -0.494 e. The van der Waals surface area contributed by atoms with Gasteiger partial charge in [-0.15, -0.1) is 0 Å². The molecule has 0 aliphatic carbocycles. The normalized spacial score (nSPS) is 11.9. The maximum Gasteiger partial charge on any atom is 0.323 e. The summed E-state index contributed by atoms with van der Waals surface area (Å²) in [4.78, 5) is 25.0. The van der Waals surface area contributed by atoms with Gasteiger partial charge in [0.15, 0.2) is 5.75 Å². The highest BCUT2D eigenvalue weighted by molar-refractivity contribution is 6.09. The minimum atomic E-state index is -0.423. The molecule has 3 amide bonds. The van der Waals surface area contributed by atoms with Gasteiger partial charge in [0, 0.05) is 11.4 Å². The molecule has 1 aliphatic rings. The molecule has 3 aromatic rings. The summed E-state index contributed by atoms with van der Waals surface area (Å²) in [6, 6.07) is 17.2. The quantitative estimate of drug-likeness (QED) is 0.544. The third-order valence-corrected chi connectivity index (χ3v) is 4.51. The third-order valence-electron chi connectivity index (χ3n) is 4.51. The van der Waals surface area contributed by atoms with Crippen molar-refractivity contribution in [3.63, 3.8) is 0 Å². The van der Waals surface area contributed by atoms with Crippen LogP contribution in [0.15, 0.2) is 60.7 Å². The van der Waals surface area contributed by atoms with E-state index in [9.17, 15) is 9.59 Å². The molecule has 30 heavy (non-hydrogen) atoms. The SMILES string of the molecule is CCOc1ccc(NC(=O)Nc2ccc3c(c2)C(=O)Nc2cc(C)ccc2O3)cc1. The van der Waals surface area contributed by atoms with Crippen LogP contribution in [0.4, 0.5) is 21.9 Å². The van der Waals surface area contributed by atoms with Crippen LogP contribution in [0.3, 0.4) is 0 Å². The Bertz CT molecular complexity index is 1110. The number of anilines is 3. The molecule has 3 N–H and O–H groups in total. The highest BCUT2D eigenvalue weighted by Gasteiger charge is 2.21. The van der Waals surface area contributed by atoms with Crippen LogP contribution in [0.2, 0.25) is 0 Å². The van der Waals surface area contributed by atoms with E-state index in [2.05, 4.69) is 16.0 Å². The van der Waals surface area contributed by atoms with E-state index in [0.29, 0.717) is 40.7 Å². The lowest BCUT2D eigenvalue weighted by molar-refractivity contribution is 0.102. The first-order valence-corrected chi connectivity index (χ1v) is 9.56. The number of hydrogen-bond acceptors (Lipinski definition) is 4. The summed E-state index contributed by atoms with van der Waals surface area (Å²) in [5.41, 5.74) is 3.05. The molecule has 7 nitrogen and oxygen atoms in total. The van der Waals surface area contributed by atoms with Gasteiger partial charge in [0.2, 0.25) is 0 Å². The molecular formula is C23H21N3O4. The van der Waals surface area contributed by atoms with Gasteiger partial charge in [-0.2, -0.15) is 0 Å². The average molecular weight is 403 g/mol. The van der Waals surface area contributed by atoms with Gasteiger partial charge in [-0.05, 0) is 74.0 Å². The van der Waals surface area contributed by atoms with E-state index in [1.807, 2.05) is 32.0 Å². The number of nitrogens with one attached hydrogen (secondary N) is 3. The zero-order chi connectivity index (χ0) is 21.1. The standard InChI is InChI=1S/C23H21N3O4/c1-3-29-17-8-5-15(6-9-17)24-23(28)25-16-7-11-20-18(13-16)22(27)26-19-12-14(2)4-10-21(19)30-20/h4-13H,3H2,1-2H3,(H,26,27)(H2,24,25,28). The number of hydrogen-bond donors (Lipinski definition) is 3. The lowest BCUT2D eigenvalue weighted by Crippen LogP contribution is -2.20. The van der Waals surface area contributed by atoms with Crippen molar-refractivity contribution in [2.24, 2.45) is 0 Å². The Balaban J connectivity index is 1.48. The first-order valence-electron chi connectivity index (χ1n) is 9.56. The lowest BCUT2D eigenvalue weighted by atomic mass is 10.1. The molecule has 3 aromatic carbocycles. The van der Waals surface area contributed by atoms with Crippen LogP contribution in [0.25, 0.3) is 0 Å². The highest BCUT2D eigenvalue weighted by atomic mass is 16.5. The molecule has 7 heteroatoms. The highest BCUT2D eigenvalue weighted by Crippen LogP contribution is 2.37. The van der Waals surface area contributed by atoms with Crippen LogP contribution in [0.1, 0.15) is 22.8 Å². The molecule has 152 valence electrons. The number of aryl methyl sites for hydroxylation is 1. The molecule has 0 saturated carbocycles. The number of rotatable bonds is 4. The fourth-order valence-electron chi connectivity index (χ4n) is 3.11. The molecule has 0 unspecified atom stereocenters. The minimum absolute atomic E-state index is 0.301. The Kier molecular flexibility index (Phi) is 5.26. The van der Waals surface area contributed by atoms with Gasteiger partial charge in [0.1, 0.15) is 11.5 Å². The third kappa shape index (κ3) is 4.20. The van der Waals surface area contributed by atoms with Crippen molar-refractivity contribution in [1.82, 2.24) is 0 Å². The molecule has 0 spiro atoms. The summed E-state index contributed by atoms with van der Waals surface area (Å²) in [5, 5.41) is 8.33. The van der Waals surface area contributed by atoms with Crippen LogP contribution in [0.5, 0.6) is 17.2 Å². The molecule has 0 aromatic heterocycles. The lowest BCUT2D eigenvalue weighted by Gasteiger charge is -2.11. The Morgan fingerprint density at radius 3 is 2.43 bits per heavy atom. The van der Waals surface area contributed by atoms with Crippen LogP contribution < -0.4 is 25.4 Å². The zero-order valence-electron chi connectivity index (χ0n) is 16.6. The molecule has 0 saturated heterocycles. The predicted molar refractivity (Wildman–Crippen MR) is 116 cm³/mol. The molecule has 4 rings (SSSR count). The van der Waals surface area contributed by atoms with E-state index in [1.54, 1.807) is 42.5 Å². The average Bonchev–Trinajstić information content (AvgIpc) is 2.85. The summed E-state index contributed by atoms with van der Waals surface area (Å²) in [6.07, 6.45) is 0. The first-order chi connectivity index (χ1) is 14.5. The van der Waals surface area contributed by atoms with Crippen molar-refractivity contribution in [3.8, 4) is 17.2 Å². The second-order valence-electron chi connectivity index (χ2n) is 6.80. The van der Waals surface area contributed by atoms with Gasteiger partial charge in [0.05, 0.1) is 17.9 Å². The fourth-order valence-corrected chi connectivity index (χ4v) is 3.11. The Hall–Kier alpha value is -4.00. The maximum atomic E-state index is 12.7. The summed E-state index contributed by atoms with van der Waals surface area (Å²) in [6.45, 7) is 4.42. The number of benzene rings is 3. The predicted octanol–water partition coefficient (Wildman–Crippen LogP) is 5.40. The number of fused-ring (bicyclic) bond motifs is 2. The van der Waals surface area contributed by atoms with Crippen molar-refractivity contribution in [3.05, 3.63) is 71.8 Å². The number of amides is 3. The Labute approximate surface area is 174 Å². The van der Waals surface area contributed by atoms with Gasteiger partial charge in [0.25, 0.3) is 5.91 Å². The number of carbonyl (C=O) groups is 2. The van der Waals surface area contributed by atoms with Crippen LogP contribution in [0, 0.1) is 6.92 Å². The summed E-state index contributed by atoms with van der Waals surface area (Å²) in [5.74, 6) is 1.43. The van der Waals surface area contributed by atoms with Gasteiger partial charge in [-0.1, -0.05) is 6.07 Å². The van der Waals surface area contributed by atoms with Gasteiger partial charge >= 0.3 is 6.03 Å². The number of urea groups is 1. The fraction of sp³-hybridized carbons (Fsp3) is 0.130. The second kappa shape index (κ2) is 8.16. The molecule has 1 heterocycles. The van der Waals surface area contributed by atoms with Crippen molar-refractivity contribution in [2.75, 3.05) is 22.6 Å². The molecule has 0 radical (unpaired) electrons. The largest absolute Gasteiger partial charge is 0.494 e.